The first-order chi connectivity index (χ1) is 23.7. The molecule has 4 heterocycles. The standard InChI is InChI=1S/C32H34FN3O12P2/c1-45-30-26-21(11-23(33)27(30)35-12-18-3-2-10-34-24(18)14-35)28(37)22(13-36(26)19-6-7-19)31(38)46-15-25-29(48-32(39)47-25)17-4-8-20(9-5-17)49(40,41)16-50(42,43)44/h4-5,8-9,11,13,18-19,24,34H,2-3,6-7,10,12,14-16H2,1H3,(H,40,41)(H2,42,43,44). The molecule has 2 aromatic carbocycles. The van der Waals surface area contributed by atoms with Crippen LogP contribution in [-0.4, -0.2) is 63.9 Å². The van der Waals surface area contributed by atoms with E-state index in [1.807, 2.05) is 4.90 Å². The number of anilines is 1. The molecule has 3 unspecified atom stereocenters. The zero-order valence-electron chi connectivity index (χ0n) is 26.7. The first-order valence-corrected chi connectivity index (χ1v) is 19.6. The van der Waals surface area contributed by atoms with Crippen molar-refractivity contribution >= 4 is 42.8 Å². The molecule has 3 aliphatic rings. The molecule has 2 aliphatic heterocycles. The van der Waals surface area contributed by atoms with Gasteiger partial charge in [0.15, 0.2) is 29.7 Å². The van der Waals surface area contributed by atoms with Gasteiger partial charge in [-0.2, -0.15) is 0 Å². The molecule has 18 heteroatoms. The Kier molecular flexibility index (Phi) is 8.90. The lowest BCUT2D eigenvalue weighted by molar-refractivity contribution is 0.0442. The summed E-state index contributed by atoms with van der Waals surface area (Å²) in [5.74, 6) is -3.93. The Hall–Kier alpha value is -4.04. The van der Waals surface area contributed by atoms with Gasteiger partial charge in [0.1, 0.15) is 17.2 Å². The highest BCUT2D eigenvalue weighted by atomic mass is 31.2. The lowest BCUT2D eigenvalue weighted by atomic mass is 9.94. The molecule has 15 nitrogen and oxygen atoms in total. The van der Waals surface area contributed by atoms with E-state index in [-0.39, 0.29) is 56.9 Å². The Balaban J connectivity index is 1.18. The Morgan fingerprint density at radius 2 is 1.82 bits per heavy atom. The van der Waals surface area contributed by atoms with Gasteiger partial charge in [0.2, 0.25) is 12.8 Å². The summed E-state index contributed by atoms with van der Waals surface area (Å²) in [6.45, 7) is 1.49. The van der Waals surface area contributed by atoms with Crippen LogP contribution in [-0.2, 0) is 20.5 Å². The number of nitrogens with one attached hydrogen (secondary N) is 1. The highest BCUT2D eigenvalue weighted by molar-refractivity contribution is 7.77. The van der Waals surface area contributed by atoms with Crippen LogP contribution in [0.2, 0.25) is 0 Å². The number of hydrogen-bond acceptors (Lipinski definition) is 11. The van der Waals surface area contributed by atoms with Crippen LogP contribution in [0.15, 0.2) is 55.0 Å². The average molecular weight is 734 g/mol. The molecule has 1 saturated carbocycles. The number of nitrogens with zero attached hydrogens (tertiary/aromatic N) is 2. The maximum absolute atomic E-state index is 16.0. The molecule has 1 aliphatic carbocycles. The quantitative estimate of drug-likeness (QED) is 0.136. The number of hydrogen-bond donors (Lipinski definition) is 4. The zero-order chi connectivity index (χ0) is 35.5. The largest absolute Gasteiger partial charge is 0.519 e. The summed E-state index contributed by atoms with van der Waals surface area (Å²) in [5, 5.41) is 3.22. The SMILES string of the molecule is COc1c(N2CC3CCCNC3C2)c(F)cc2c(=O)c(C(=O)OCc3oc(=O)oc3-c3ccc(P(=O)(O)CP(=O)(O)O)cc3)cn(C3CC3)c12. The van der Waals surface area contributed by atoms with Gasteiger partial charge in [0.25, 0.3) is 0 Å². The summed E-state index contributed by atoms with van der Waals surface area (Å²) < 4.78 is 62.9. The molecule has 0 spiro atoms. The Morgan fingerprint density at radius 3 is 2.48 bits per heavy atom. The van der Waals surface area contributed by atoms with Crippen LogP contribution in [0.4, 0.5) is 10.1 Å². The van der Waals surface area contributed by atoms with E-state index in [1.165, 1.54) is 25.4 Å². The minimum Gasteiger partial charge on any atom is -0.492 e. The Labute approximate surface area is 283 Å². The number of aromatic nitrogens is 1. The number of ether oxygens (including phenoxy) is 2. The van der Waals surface area contributed by atoms with E-state index in [0.29, 0.717) is 24.5 Å². The molecule has 50 heavy (non-hydrogen) atoms. The first kappa shape index (κ1) is 34.4. The maximum Gasteiger partial charge on any atom is 0.519 e. The monoisotopic (exact) mass is 733 g/mol. The van der Waals surface area contributed by atoms with Gasteiger partial charge in [0, 0.05) is 42.2 Å². The van der Waals surface area contributed by atoms with Crippen LogP contribution in [0.25, 0.3) is 22.2 Å². The highest BCUT2D eigenvalue weighted by Gasteiger charge is 2.38. The molecule has 4 N–H and O–H groups in total. The number of carbonyl (C=O) groups excluding carboxylic acids is 1. The van der Waals surface area contributed by atoms with Crippen LogP contribution in [0.1, 0.15) is 47.8 Å². The van der Waals surface area contributed by atoms with Crippen molar-refractivity contribution in [1.29, 1.82) is 0 Å². The van der Waals surface area contributed by atoms with E-state index >= 15 is 4.39 Å². The van der Waals surface area contributed by atoms with Gasteiger partial charge in [-0.15, -0.1) is 0 Å². The molecule has 2 saturated heterocycles. The van der Waals surface area contributed by atoms with E-state index in [0.717, 1.165) is 50.4 Å². The molecule has 266 valence electrons. The summed E-state index contributed by atoms with van der Waals surface area (Å²) >= 11 is 0. The lowest BCUT2D eigenvalue weighted by Crippen LogP contribution is -2.40. The number of carbonyl (C=O) groups is 1. The van der Waals surface area contributed by atoms with Gasteiger partial charge in [-0.3, -0.25) is 13.9 Å². The van der Waals surface area contributed by atoms with Gasteiger partial charge >= 0.3 is 19.4 Å². The summed E-state index contributed by atoms with van der Waals surface area (Å²) in [6.07, 6.45) is 5.01. The number of halogens is 1. The van der Waals surface area contributed by atoms with Crippen molar-refractivity contribution < 1.29 is 51.3 Å². The van der Waals surface area contributed by atoms with Crippen molar-refractivity contribution in [3.63, 3.8) is 0 Å². The van der Waals surface area contributed by atoms with Crippen molar-refractivity contribution in [2.45, 2.75) is 44.4 Å². The number of rotatable bonds is 10. The topological polar surface area (TPSA) is 211 Å². The number of pyridine rings is 1. The molecular weight excluding hydrogens is 699 g/mol. The summed E-state index contributed by atoms with van der Waals surface area (Å²) in [4.78, 5) is 69.6. The zero-order valence-corrected chi connectivity index (χ0v) is 28.5. The predicted molar refractivity (Wildman–Crippen MR) is 178 cm³/mol. The van der Waals surface area contributed by atoms with Crippen LogP contribution >= 0.6 is 15.0 Å². The molecular formula is C32H34FN3O12P2. The number of piperidine rings is 1. The first-order valence-electron chi connectivity index (χ1n) is 15.9. The third-order valence-electron chi connectivity index (χ3n) is 9.37. The second-order valence-electron chi connectivity index (χ2n) is 12.9. The third kappa shape index (κ3) is 6.59. The summed E-state index contributed by atoms with van der Waals surface area (Å²) in [7, 11) is -7.79. The fourth-order valence-electron chi connectivity index (χ4n) is 6.96. The molecule has 4 aromatic rings. The van der Waals surface area contributed by atoms with Gasteiger partial charge in [-0.05, 0) is 56.3 Å². The molecule has 2 aromatic heterocycles. The minimum atomic E-state index is -4.80. The summed E-state index contributed by atoms with van der Waals surface area (Å²) in [5.41, 5.74) is -0.309. The second-order valence-corrected chi connectivity index (χ2v) is 17.2. The van der Waals surface area contributed by atoms with E-state index in [4.69, 9.17) is 28.1 Å². The molecule has 0 radical (unpaired) electrons. The van der Waals surface area contributed by atoms with Gasteiger partial charge in [-0.1, -0.05) is 12.1 Å². The Bertz CT molecular complexity index is 2190. The van der Waals surface area contributed by atoms with Crippen molar-refractivity contribution in [2.24, 2.45) is 5.92 Å². The fourth-order valence-corrected chi connectivity index (χ4v) is 10.2. The predicted octanol–water partition coefficient (Wildman–Crippen LogP) is 3.27. The smallest absolute Gasteiger partial charge is 0.492 e. The number of esters is 1. The number of fused-ring (bicyclic) bond motifs is 2. The van der Waals surface area contributed by atoms with E-state index in [1.54, 1.807) is 4.57 Å². The van der Waals surface area contributed by atoms with Crippen LogP contribution < -0.4 is 31.5 Å². The van der Waals surface area contributed by atoms with E-state index in [2.05, 4.69) is 5.32 Å². The van der Waals surface area contributed by atoms with E-state index in [9.17, 15) is 28.4 Å². The summed E-state index contributed by atoms with van der Waals surface area (Å²) in [6, 6.07) is 6.10. The lowest BCUT2D eigenvalue weighted by Gasteiger charge is -2.25. The molecule has 3 fully saturated rings. The Morgan fingerprint density at radius 1 is 1.08 bits per heavy atom. The van der Waals surface area contributed by atoms with Crippen LogP contribution in [0.5, 0.6) is 5.75 Å². The van der Waals surface area contributed by atoms with Crippen LogP contribution in [0.3, 0.4) is 0 Å². The third-order valence-corrected chi connectivity index (χ3v) is 13.5. The van der Waals surface area contributed by atoms with Gasteiger partial charge in [0.05, 0.1) is 18.0 Å². The second kappa shape index (κ2) is 12.9. The molecule has 3 atom stereocenters. The molecule has 7 rings (SSSR count). The maximum atomic E-state index is 16.0. The van der Waals surface area contributed by atoms with Crippen molar-refractivity contribution in [1.82, 2.24) is 9.88 Å². The highest BCUT2D eigenvalue weighted by Crippen LogP contribution is 2.54. The van der Waals surface area contributed by atoms with Crippen molar-refractivity contribution in [3.8, 4) is 17.1 Å². The van der Waals surface area contributed by atoms with Crippen molar-refractivity contribution in [2.75, 3.05) is 37.5 Å². The fraction of sp³-hybridized carbons (Fsp3) is 0.406. The van der Waals surface area contributed by atoms with Crippen LogP contribution in [0, 0.1) is 11.7 Å². The van der Waals surface area contributed by atoms with Gasteiger partial charge < -0.3 is 47.8 Å². The number of benzene rings is 2. The van der Waals surface area contributed by atoms with Crippen molar-refractivity contribution in [3.05, 3.63) is 74.5 Å². The molecule has 0 bridgehead atoms. The van der Waals surface area contributed by atoms with E-state index < -0.39 is 50.5 Å². The average Bonchev–Trinajstić information content (AvgIpc) is 3.71. The normalized spacial score (nSPS) is 20.5. The molecule has 0 amide bonds. The van der Waals surface area contributed by atoms with Gasteiger partial charge in [-0.25, -0.2) is 14.0 Å². The minimum absolute atomic E-state index is 0.0465. The number of methoxy groups -OCH3 is 1.